The topological polar surface area (TPSA) is 103 Å². The average Bonchev–Trinajstić information content (AvgIpc) is 3.39. The molecule has 2 amide bonds. The fraction of sp³-hybridized carbons (Fsp3) is 0.429. The smallest absolute Gasteiger partial charge is 0.391 e. The number of hydrogen-bond donors (Lipinski definition) is 2. The standard InChI is InChI=1S/C28H32F3N5O3/c1-4-35-23(13-15-32-35)26(37)34-25(20-5-9-21(10-6-20)28(29,30)31)27(38)33-22-11-7-19(8-12-22)24-17(2)14-16-36(39)18(24)3/h7-8,11-16,20-21,25H,4-6,9-10H2,1-3H3,(H,33,38)(H,34,37)/t20?,21?,25-/m0/s1. The molecule has 0 bridgehead atoms. The summed E-state index contributed by atoms with van der Waals surface area (Å²) in [6, 6.07) is 9.20. The number of anilines is 1. The van der Waals surface area contributed by atoms with Crippen LogP contribution >= 0.6 is 0 Å². The van der Waals surface area contributed by atoms with Gasteiger partial charge in [0.2, 0.25) is 5.91 Å². The van der Waals surface area contributed by atoms with Crippen molar-refractivity contribution in [2.45, 2.75) is 65.2 Å². The number of hydrogen-bond acceptors (Lipinski definition) is 4. The summed E-state index contributed by atoms with van der Waals surface area (Å²) < 4.78 is 42.0. The van der Waals surface area contributed by atoms with Crippen molar-refractivity contribution in [1.82, 2.24) is 15.1 Å². The van der Waals surface area contributed by atoms with Crippen molar-refractivity contribution in [3.8, 4) is 11.1 Å². The number of nitrogens with zero attached hydrogens (tertiary/aromatic N) is 3. The lowest BCUT2D eigenvalue weighted by atomic mass is 9.78. The lowest BCUT2D eigenvalue weighted by Crippen LogP contribution is -2.50. The lowest BCUT2D eigenvalue weighted by Gasteiger charge is -2.34. The Morgan fingerprint density at radius 1 is 1.10 bits per heavy atom. The number of aromatic nitrogens is 3. The highest BCUT2D eigenvalue weighted by Gasteiger charge is 2.44. The van der Waals surface area contributed by atoms with E-state index in [1.807, 2.05) is 13.8 Å². The Morgan fingerprint density at radius 2 is 1.77 bits per heavy atom. The summed E-state index contributed by atoms with van der Waals surface area (Å²) in [5, 5.41) is 21.7. The zero-order valence-electron chi connectivity index (χ0n) is 22.1. The molecule has 0 unspecified atom stereocenters. The second-order valence-electron chi connectivity index (χ2n) is 9.99. The third kappa shape index (κ3) is 6.23. The van der Waals surface area contributed by atoms with Gasteiger partial charge in [-0.25, -0.2) is 0 Å². The lowest BCUT2D eigenvalue weighted by molar-refractivity contribution is -0.611. The zero-order valence-corrected chi connectivity index (χ0v) is 22.1. The van der Waals surface area contributed by atoms with Gasteiger partial charge in [-0.05, 0) is 74.8 Å². The maximum Gasteiger partial charge on any atom is 0.391 e. The monoisotopic (exact) mass is 543 g/mol. The van der Waals surface area contributed by atoms with E-state index in [4.69, 9.17) is 0 Å². The van der Waals surface area contributed by atoms with Crippen LogP contribution < -0.4 is 15.4 Å². The maximum atomic E-state index is 13.4. The molecule has 2 aromatic heterocycles. The normalized spacial score (nSPS) is 18.4. The molecule has 8 nitrogen and oxygen atoms in total. The summed E-state index contributed by atoms with van der Waals surface area (Å²) in [4.78, 5) is 26.5. The van der Waals surface area contributed by atoms with E-state index < -0.39 is 35.9 Å². The van der Waals surface area contributed by atoms with Crippen LogP contribution in [0.4, 0.5) is 18.9 Å². The summed E-state index contributed by atoms with van der Waals surface area (Å²) in [6.07, 6.45) is -1.20. The molecule has 2 N–H and O–H groups in total. The Balaban J connectivity index is 1.54. The summed E-state index contributed by atoms with van der Waals surface area (Å²) >= 11 is 0. The quantitative estimate of drug-likeness (QED) is 0.326. The highest BCUT2D eigenvalue weighted by Crippen LogP contribution is 2.40. The van der Waals surface area contributed by atoms with Crippen LogP contribution in [0, 0.1) is 30.9 Å². The molecule has 11 heteroatoms. The summed E-state index contributed by atoms with van der Waals surface area (Å²) in [6.45, 7) is 5.91. The van der Waals surface area contributed by atoms with E-state index in [0.717, 1.165) is 21.4 Å². The van der Waals surface area contributed by atoms with Gasteiger partial charge in [0.25, 0.3) is 5.91 Å². The predicted octanol–water partition coefficient (Wildman–Crippen LogP) is 4.93. The Kier molecular flexibility index (Phi) is 8.27. The SMILES string of the molecule is CCn1nccc1C(=O)N[C@H](C(=O)Nc1ccc(-c2c(C)cc[n+]([O-])c2C)cc1)C1CCC(C(F)(F)F)CC1. The van der Waals surface area contributed by atoms with Crippen LogP contribution in [0.25, 0.3) is 11.1 Å². The number of amides is 2. The highest BCUT2D eigenvalue weighted by molar-refractivity contribution is 6.00. The van der Waals surface area contributed by atoms with E-state index in [-0.39, 0.29) is 31.4 Å². The van der Waals surface area contributed by atoms with Crippen LogP contribution in [0.5, 0.6) is 0 Å². The third-order valence-electron chi connectivity index (χ3n) is 7.51. The van der Waals surface area contributed by atoms with Gasteiger partial charge in [-0.3, -0.25) is 14.3 Å². The first-order valence-electron chi connectivity index (χ1n) is 13.0. The number of nitrogens with one attached hydrogen (secondary N) is 2. The molecule has 0 saturated heterocycles. The zero-order chi connectivity index (χ0) is 28.3. The predicted molar refractivity (Wildman–Crippen MR) is 140 cm³/mol. The number of aryl methyl sites for hydroxylation is 2. The van der Waals surface area contributed by atoms with Gasteiger partial charge < -0.3 is 15.8 Å². The fourth-order valence-electron chi connectivity index (χ4n) is 5.32. The molecule has 208 valence electrons. The minimum atomic E-state index is -4.28. The first kappa shape index (κ1) is 28.1. The summed E-state index contributed by atoms with van der Waals surface area (Å²) in [5.41, 5.74) is 3.82. The Hall–Kier alpha value is -3.89. The van der Waals surface area contributed by atoms with Gasteiger partial charge in [0.05, 0.1) is 11.5 Å². The second-order valence-corrected chi connectivity index (χ2v) is 9.99. The molecule has 0 radical (unpaired) electrons. The molecule has 39 heavy (non-hydrogen) atoms. The van der Waals surface area contributed by atoms with Crippen LogP contribution in [0.15, 0.2) is 48.8 Å². The molecule has 2 heterocycles. The molecule has 0 spiro atoms. The van der Waals surface area contributed by atoms with Gasteiger partial charge in [-0.1, -0.05) is 12.1 Å². The van der Waals surface area contributed by atoms with Gasteiger partial charge >= 0.3 is 6.18 Å². The van der Waals surface area contributed by atoms with Gasteiger partial charge in [0.1, 0.15) is 11.7 Å². The number of benzene rings is 1. The molecule has 4 rings (SSSR count). The van der Waals surface area contributed by atoms with Crippen molar-refractivity contribution in [3.63, 3.8) is 0 Å². The van der Waals surface area contributed by atoms with Crippen molar-refractivity contribution in [2.75, 3.05) is 5.32 Å². The van der Waals surface area contributed by atoms with Gasteiger partial charge in [0, 0.05) is 31.4 Å². The minimum absolute atomic E-state index is 0.0924. The van der Waals surface area contributed by atoms with Crippen LogP contribution in [0.3, 0.4) is 0 Å². The van der Waals surface area contributed by atoms with E-state index in [0.29, 0.717) is 17.9 Å². The molecule has 1 aliphatic carbocycles. The van der Waals surface area contributed by atoms with Crippen molar-refractivity contribution < 1.29 is 27.5 Å². The van der Waals surface area contributed by atoms with Gasteiger partial charge in [-0.15, -0.1) is 0 Å². The fourth-order valence-corrected chi connectivity index (χ4v) is 5.32. The molecule has 1 aromatic carbocycles. The van der Waals surface area contributed by atoms with E-state index >= 15 is 0 Å². The summed E-state index contributed by atoms with van der Waals surface area (Å²) in [7, 11) is 0. The molecule has 3 aromatic rings. The van der Waals surface area contributed by atoms with Crippen LogP contribution in [0.2, 0.25) is 0 Å². The van der Waals surface area contributed by atoms with Crippen molar-refractivity contribution in [2.24, 2.45) is 11.8 Å². The first-order chi connectivity index (χ1) is 18.5. The number of rotatable bonds is 7. The first-order valence-corrected chi connectivity index (χ1v) is 13.0. The Bertz CT molecular complexity index is 1330. The molecule has 1 fully saturated rings. The third-order valence-corrected chi connectivity index (χ3v) is 7.51. The summed E-state index contributed by atoms with van der Waals surface area (Å²) in [5.74, 6) is -2.87. The Morgan fingerprint density at radius 3 is 2.38 bits per heavy atom. The van der Waals surface area contributed by atoms with Gasteiger partial charge in [-0.2, -0.15) is 23.0 Å². The second kappa shape index (κ2) is 11.5. The molecular weight excluding hydrogens is 511 g/mol. The Labute approximate surface area is 224 Å². The van der Waals surface area contributed by atoms with E-state index in [9.17, 15) is 28.0 Å². The van der Waals surface area contributed by atoms with E-state index in [1.54, 1.807) is 37.3 Å². The van der Waals surface area contributed by atoms with Gasteiger partial charge in [0.15, 0.2) is 11.9 Å². The number of pyridine rings is 1. The average molecular weight is 544 g/mol. The van der Waals surface area contributed by atoms with Crippen molar-refractivity contribution in [1.29, 1.82) is 0 Å². The van der Waals surface area contributed by atoms with Crippen LogP contribution in [-0.4, -0.2) is 33.8 Å². The molecule has 1 aliphatic rings. The van der Waals surface area contributed by atoms with E-state index in [2.05, 4.69) is 15.7 Å². The number of carbonyl (C=O) groups excluding carboxylic acids is 2. The van der Waals surface area contributed by atoms with Crippen molar-refractivity contribution in [3.05, 3.63) is 71.0 Å². The molecule has 1 atom stereocenters. The van der Waals surface area contributed by atoms with Crippen molar-refractivity contribution >= 4 is 17.5 Å². The number of alkyl halides is 3. The maximum absolute atomic E-state index is 13.4. The molecule has 1 saturated carbocycles. The van der Waals surface area contributed by atoms with Crippen LogP contribution in [-0.2, 0) is 11.3 Å². The van der Waals surface area contributed by atoms with Crippen LogP contribution in [0.1, 0.15) is 54.4 Å². The highest BCUT2D eigenvalue weighted by atomic mass is 19.4. The molecular formula is C28H32F3N5O3. The number of carbonyl (C=O) groups is 2. The molecule has 0 aliphatic heterocycles. The minimum Gasteiger partial charge on any atom is -0.618 e. The van der Waals surface area contributed by atoms with E-state index in [1.165, 1.54) is 23.1 Å². The largest absolute Gasteiger partial charge is 0.618 e. The number of halogens is 3.